The number of rotatable bonds is 24. The van der Waals surface area contributed by atoms with Gasteiger partial charge in [-0.15, -0.1) is 0 Å². The largest absolute Gasteiger partial charge is 0.0883 e. The van der Waals surface area contributed by atoms with E-state index in [0.717, 1.165) is 24.7 Å². The Morgan fingerprint density at radius 2 is 0.967 bits per heavy atom. The highest BCUT2D eigenvalue weighted by Gasteiger charge is 2.06. The fourth-order valence-electron chi connectivity index (χ4n) is 4.67. The van der Waals surface area contributed by atoms with Gasteiger partial charge in [0.2, 0.25) is 0 Å². The van der Waals surface area contributed by atoms with Gasteiger partial charge in [0, 0.05) is 0 Å². The van der Waals surface area contributed by atoms with Crippen molar-refractivity contribution in [1.82, 2.24) is 0 Å². The van der Waals surface area contributed by atoms with Crippen molar-refractivity contribution < 1.29 is 0 Å². The van der Waals surface area contributed by atoms with Crippen molar-refractivity contribution >= 4 is 0 Å². The van der Waals surface area contributed by atoms with Crippen LogP contribution < -0.4 is 0 Å². The third-order valence-corrected chi connectivity index (χ3v) is 6.98. The van der Waals surface area contributed by atoms with Gasteiger partial charge in [0.25, 0.3) is 0 Å². The Balaban J connectivity index is 3.41. The molecule has 0 aliphatic rings. The van der Waals surface area contributed by atoms with Gasteiger partial charge < -0.3 is 0 Å². The molecule has 0 fully saturated rings. The normalized spacial score (nSPS) is 13.9. The van der Waals surface area contributed by atoms with Gasteiger partial charge in [-0.25, -0.2) is 0 Å². The van der Waals surface area contributed by atoms with Crippen LogP contribution in [0.3, 0.4) is 0 Å². The van der Waals surface area contributed by atoms with E-state index in [2.05, 4.69) is 39.8 Å². The molecule has 0 spiro atoms. The fourth-order valence-corrected chi connectivity index (χ4v) is 4.67. The van der Waals surface area contributed by atoms with Crippen LogP contribution >= 0.6 is 0 Å². The minimum absolute atomic E-state index is 0.793. The fraction of sp³-hybridized carbons (Fsp3) is 0.867. The van der Waals surface area contributed by atoms with E-state index < -0.39 is 0 Å². The average Bonchev–Trinajstić information content (AvgIpc) is 2.77. The molecule has 30 heavy (non-hydrogen) atoms. The van der Waals surface area contributed by atoms with Gasteiger partial charge in [-0.2, -0.15) is 0 Å². The second-order valence-corrected chi connectivity index (χ2v) is 9.68. The Morgan fingerprint density at radius 1 is 0.533 bits per heavy atom. The molecule has 2 atom stereocenters. The molecule has 0 amide bonds. The molecule has 0 aliphatic heterocycles. The molecule has 0 N–H and O–H groups in total. The second kappa shape index (κ2) is 25.0. The molecule has 178 valence electrons. The van der Waals surface area contributed by atoms with Gasteiger partial charge in [-0.1, -0.05) is 155 Å². The van der Waals surface area contributed by atoms with Crippen LogP contribution in [-0.2, 0) is 0 Å². The molecule has 0 aromatic carbocycles. The molecule has 0 rings (SSSR count). The van der Waals surface area contributed by atoms with E-state index >= 15 is 0 Å². The molecule has 0 saturated carbocycles. The van der Waals surface area contributed by atoms with E-state index in [1.165, 1.54) is 128 Å². The van der Waals surface area contributed by atoms with E-state index in [1.807, 2.05) is 0 Å². The highest BCUT2D eigenvalue weighted by molar-refractivity contribution is 4.88. The summed E-state index contributed by atoms with van der Waals surface area (Å²) in [5.41, 5.74) is 0. The van der Waals surface area contributed by atoms with Crippen LogP contribution in [0.5, 0.6) is 0 Å². The van der Waals surface area contributed by atoms with Gasteiger partial charge in [-0.3, -0.25) is 0 Å². The summed E-state index contributed by atoms with van der Waals surface area (Å²) in [4.78, 5) is 0. The third kappa shape index (κ3) is 21.0. The molecule has 0 heterocycles. The topological polar surface area (TPSA) is 0 Å². The zero-order valence-electron chi connectivity index (χ0n) is 21.3. The predicted molar refractivity (Wildman–Crippen MR) is 140 cm³/mol. The first-order valence-corrected chi connectivity index (χ1v) is 14.0. The van der Waals surface area contributed by atoms with Crippen molar-refractivity contribution in [3.05, 3.63) is 26.0 Å². The van der Waals surface area contributed by atoms with E-state index in [9.17, 15) is 0 Å². The third-order valence-electron chi connectivity index (χ3n) is 6.98. The Hall–Kier alpha value is -0.260. The summed E-state index contributed by atoms with van der Waals surface area (Å²) in [5, 5.41) is 0. The van der Waals surface area contributed by atoms with E-state index in [0.29, 0.717) is 0 Å². The quantitative estimate of drug-likeness (QED) is 0.108. The van der Waals surface area contributed by atoms with Crippen LogP contribution in [0.4, 0.5) is 0 Å². The summed E-state index contributed by atoms with van der Waals surface area (Å²) in [5.74, 6) is 1.79. The average molecular weight is 419 g/mol. The Kier molecular flexibility index (Phi) is 24.8. The van der Waals surface area contributed by atoms with Crippen molar-refractivity contribution in [3.63, 3.8) is 0 Å². The monoisotopic (exact) mass is 418 g/mol. The molecular formula is C30H58. The Bertz CT molecular complexity index is 329. The maximum absolute atomic E-state index is 3.93. The van der Waals surface area contributed by atoms with Gasteiger partial charge in [-0.05, 0) is 38.0 Å². The molecule has 0 nitrogen and oxygen atoms in total. The summed E-state index contributed by atoms with van der Waals surface area (Å²) in [6.45, 7) is 12.5. The molecule has 0 aliphatic carbocycles. The Morgan fingerprint density at radius 3 is 1.37 bits per heavy atom. The van der Waals surface area contributed by atoms with Gasteiger partial charge in [0.1, 0.15) is 0 Å². The van der Waals surface area contributed by atoms with Gasteiger partial charge in [0.05, 0.1) is 0 Å². The van der Waals surface area contributed by atoms with Gasteiger partial charge in [0.15, 0.2) is 0 Å². The lowest BCUT2D eigenvalue weighted by Gasteiger charge is -2.14. The lowest BCUT2D eigenvalue weighted by molar-refractivity contribution is 0.392. The SMILES string of the molecule is [CH2]C/C=C/C(CC)CCCCCCCCCCC(CC)CCCCCCCCC[CH2]. The van der Waals surface area contributed by atoms with Crippen LogP contribution in [0.25, 0.3) is 0 Å². The molecule has 0 aromatic rings. The first-order valence-electron chi connectivity index (χ1n) is 14.0. The van der Waals surface area contributed by atoms with Crippen molar-refractivity contribution in [2.24, 2.45) is 11.8 Å². The Labute approximate surface area is 193 Å². The molecule has 0 aromatic heterocycles. The first-order chi connectivity index (χ1) is 14.8. The minimum Gasteiger partial charge on any atom is -0.0883 e. The highest BCUT2D eigenvalue weighted by atomic mass is 14.1. The minimum atomic E-state index is 0.793. The molecule has 0 saturated heterocycles. The zero-order chi connectivity index (χ0) is 22.1. The van der Waals surface area contributed by atoms with E-state index in [4.69, 9.17) is 0 Å². The predicted octanol–water partition coefficient (Wildman–Crippen LogP) is 11.1. The summed E-state index contributed by atoms with van der Waals surface area (Å²) in [6, 6.07) is 0. The lowest BCUT2D eigenvalue weighted by atomic mass is 9.92. The van der Waals surface area contributed by atoms with Crippen molar-refractivity contribution in [2.45, 2.75) is 155 Å². The maximum Gasteiger partial charge on any atom is -0.0236 e. The molecule has 2 unspecified atom stereocenters. The van der Waals surface area contributed by atoms with E-state index in [1.54, 1.807) is 0 Å². The van der Waals surface area contributed by atoms with Crippen molar-refractivity contribution in [3.8, 4) is 0 Å². The van der Waals surface area contributed by atoms with Crippen LogP contribution in [0.1, 0.15) is 155 Å². The highest BCUT2D eigenvalue weighted by Crippen LogP contribution is 2.22. The zero-order valence-corrected chi connectivity index (χ0v) is 21.3. The van der Waals surface area contributed by atoms with E-state index in [-0.39, 0.29) is 0 Å². The van der Waals surface area contributed by atoms with Gasteiger partial charge >= 0.3 is 0 Å². The number of hydrogen-bond donors (Lipinski definition) is 0. The summed E-state index contributed by atoms with van der Waals surface area (Å²) in [6.07, 6.45) is 35.3. The summed E-state index contributed by atoms with van der Waals surface area (Å²) in [7, 11) is 0. The van der Waals surface area contributed by atoms with Crippen LogP contribution in [0, 0.1) is 25.7 Å². The lowest BCUT2D eigenvalue weighted by Crippen LogP contribution is -1.99. The molecule has 0 heteroatoms. The maximum atomic E-state index is 3.93. The number of unbranched alkanes of at least 4 members (excludes halogenated alkanes) is 14. The summed E-state index contributed by atoms with van der Waals surface area (Å²) < 4.78 is 0. The standard InChI is InChI=1S/C30H58/c1-5-9-11-12-13-16-19-23-27-30(8-4)28-24-21-18-15-14-17-20-22-26-29(7-3)25-10-6-2/h10,25,29-30H,1-2,5-9,11-24,26-28H2,3-4H3/b25-10+. The van der Waals surface area contributed by atoms with Crippen molar-refractivity contribution in [1.29, 1.82) is 0 Å². The smallest absolute Gasteiger partial charge is 0.0236 e. The number of allylic oxidation sites excluding steroid dienone is 2. The van der Waals surface area contributed by atoms with Crippen LogP contribution in [-0.4, -0.2) is 0 Å². The molecule has 2 radical (unpaired) electrons. The first kappa shape index (κ1) is 29.7. The molecule has 0 bridgehead atoms. The van der Waals surface area contributed by atoms with Crippen molar-refractivity contribution in [2.75, 3.05) is 0 Å². The second-order valence-electron chi connectivity index (χ2n) is 9.68. The summed E-state index contributed by atoms with van der Waals surface area (Å²) >= 11 is 0. The molecular weight excluding hydrogens is 360 g/mol. The van der Waals surface area contributed by atoms with Crippen LogP contribution in [0.2, 0.25) is 0 Å². The van der Waals surface area contributed by atoms with Crippen LogP contribution in [0.15, 0.2) is 12.2 Å². The number of hydrogen-bond acceptors (Lipinski definition) is 0.